The van der Waals surface area contributed by atoms with Crippen LogP contribution < -0.4 is 5.32 Å². The molecule has 0 bridgehead atoms. The van der Waals surface area contributed by atoms with E-state index in [9.17, 15) is 13.4 Å². The highest BCUT2D eigenvalue weighted by molar-refractivity contribution is 7.85. The maximum atomic E-state index is 13.0. The Morgan fingerprint density at radius 1 is 1.24 bits per heavy atom. The van der Waals surface area contributed by atoms with Crippen molar-refractivity contribution in [2.75, 3.05) is 11.1 Å². The summed E-state index contributed by atoms with van der Waals surface area (Å²) in [7, 11) is -1.62. The normalized spacial score (nSPS) is 11.4. The molecular weight excluding hydrogens is 291 g/mol. The third-order valence-electron chi connectivity index (χ3n) is 2.60. The molecule has 0 aliphatic carbocycles. The molecule has 0 spiro atoms. The molecule has 2 aromatic carbocycles. The van der Waals surface area contributed by atoms with E-state index in [1.807, 2.05) is 6.07 Å². The van der Waals surface area contributed by atoms with Crippen LogP contribution in [0.25, 0.3) is 0 Å². The third-order valence-corrected chi connectivity index (χ3v) is 3.90. The molecule has 2 rings (SSSR count). The first-order valence-corrected chi connectivity index (χ1v) is 7.34. The third kappa shape index (κ3) is 4.23. The SMILES string of the molecule is N#Cc1cccc(NC(=O)CS(=O)c2cccc(F)c2)c1. The Hall–Kier alpha value is -2.52. The molecule has 4 nitrogen and oxygen atoms in total. The van der Waals surface area contributed by atoms with Gasteiger partial charge >= 0.3 is 0 Å². The zero-order chi connectivity index (χ0) is 15.2. The number of anilines is 1. The quantitative estimate of drug-likeness (QED) is 0.943. The van der Waals surface area contributed by atoms with Crippen molar-refractivity contribution in [3.63, 3.8) is 0 Å². The summed E-state index contributed by atoms with van der Waals surface area (Å²) in [6.45, 7) is 0. The lowest BCUT2D eigenvalue weighted by Crippen LogP contribution is -2.19. The number of carbonyl (C=O) groups is 1. The molecule has 1 atom stereocenters. The molecule has 0 saturated carbocycles. The van der Waals surface area contributed by atoms with Gasteiger partial charge in [0, 0.05) is 10.6 Å². The number of carbonyl (C=O) groups excluding carboxylic acids is 1. The molecule has 1 unspecified atom stereocenters. The first-order chi connectivity index (χ1) is 10.1. The molecule has 1 amide bonds. The predicted molar refractivity (Wildman–Crippen MR) is 77.5 cm³/mol. The zero-order valence-corrected chi connectivity index (χ0v) is 11.7. The van der Waals surface area contributed by atoms with Crippen molar-refractivity contribution in [1.82, 2.24) is 0 Å². The zero-order valence-electron chi connectivity index (χ0n) is 10.9. The number of amides is 1. The van der Waals surface area contributed by atoms with Gasteiger partial charge < -0.3 is 5.32 Å². The molecule has 0 aromatic heterocycles. The Morgan fingerprint density at radius 2 is 2.00 bits per heavy atom. The predicted octanol–water partition coefficient (Wildman–Crippen LogP) is 2.44. The number of benzene rings is 2. The van der Waals surface area contributed by atoms with Gasteiger partial charge in [0.15, 0.2) is 0 Å². The number of nitriles is 1. The second-order valence-electron chi connectivity index (χ2n) is 4.19. The maximum Gasteiger partial charge on any atom is 0.237 e. The van der Waals surface area contributed by atoms with Gasteiger partial charge in [0.1, 0.15) is 11.6 Å². The van der Waals surface area contributed by atoms with Crippen LogP contribution in [0.15, 0.2) is 53.4 Å². The number of rotatable bonds is 4. The monoisotopic (exact) mass is 302 g/mol. The minimum Gasteiger partial charge on any atom is -0.325 e. The average Bonchev–Trinajstić information content (AvgIpc) is 2.47. The van der Waals surface area contributed by atoms with E-state index in [1.165, 1.54) is 24.3 Å². The number of nitrogens with one attached hydrogen (secondary N) is 1. The summed E-state index contributed by atoms with van der Waals surface area (Å²) in [4.78, 5) is 12.1. The highest BCUT2D eigenvalue weighted by Crippen LogP contribution is 2.12. The highest BCUT2D eigenvalue weighted by Gasteiger charge is 2.11. The Balaban J connectivity index is 2.01. The van der Waals surface area contributed by atoms with Crippen molar-refractivity contribution in [3.05, 3.63) is 59.9 Å². The average molecular weight is 302 g/mol. The van der Waals surface area contributed by atoms with Gasteiger partial charge in [0.2, 0.25) is 5.91 Å². The Labute approximate surface area is 123 Å². The van der Waals surface area contributed by atoms with E-state index >= 15 is 0 Å². The fourth-order valence-corrected chi connectivity index (χ4v) is 2.63. The summed E-state index contributed by atoms with van der Waals surface area (Å²) >= 11 is 0. The van der Waals surface area contributed by atoms with E-state index in [2.05, 4.69) is 5.32 Å². The second-order valence-corrected chi connectivity index (χ2v) is 5.64. The topological polar surface area (TPSA) is 70.0 Å². The van der Waals surface area contributed by atoms with Crippen LogP contribution in [-0.4, -0.2) is 15.9 Å². The minimum absolute atomic E-state index is 0.260. The molecule has 106 valence electrons. The lowest BCUT2D eigenvalue weighted by molar-refractivity contribution is -0.113. The van der Waals surface area contributed by atoms with E-state index in [4.69, 9.17) is 5.26 Å². The highest BCUT2D eigenvalue weighted by atomic mass is 32.2. The number of hydrogen-bond donors (Lipinski definition) is 1. The molecule has 1 N–H and O–H groups in total. The molecule has 0 fully saturated rings. The first-order valence-electron chi connectivity index (χ1n) is 6.02. The van der Waals surface area contributed by atoms with Gasteiger partial charge in [-0.3, -0.25) is 9.00 Å². The number of nitrogens with zero attached hydrogens (tertiary/aromatic N) is 1. The Morgan fingerprint density at radius 3 is 2.71 bits per heavy atom. The Kier molecular flexibility index (Phi) is 4.80. The van der Waals surface area contributed by atoms with Crippen LogP contribution in [0.4, 0.5) is 10.1 Å². The van der Waals surface area contributed by atoms with Gasteiger partial charge in [-0.05, 0) is 36.4 Å². The number of halogens is 1. The van der Waals surface area contributed by atoms with Crippen LogP contribution in [0.5, 0.6) is 0 Å². The standard InChI is InChI=1S/C15H11FN2O2S/c16-12-4-2-6-14(8-12)21(20)10-15(19)18-13-5-1-3-11(7-13)9-17/h1-8H,10H2,(H,18,19). The lowest BCUT2D eigenvalue weighted by atomic mass is 10.2. The van der Waals surface area contributed by atoms with Crippen molar-refractivity contribution in [3.8, 4) is 6.07 Å². The molecule has 21 heavy (non-hydrogen) atoms. The van der Waals surface area contributed by atoms with E-state index in [1.54, 1.807) is 18.2 Å². The smallest absolute Gasteiger partial charge is 0.237 e. The van der Waals surface area contributed by atoms with Crippen LogP contribution in [0, 0.1) is 17.1 Å². The molecule has 0 saturated heterocycles. The summed E-state index contributed by atoms with van der Waals surface area (Å²) < 4.78 is 25.0. The van der Waals surface area contributed by atoms with Crippen LogP contribution in [0.3, 0.4) is 0 Å². The first kappa shape index (κ1) is 14.9. The summed E-state index contributed by atoms with van der Waals surface area (Å²) in [5.74, 6) is -1.24. The fraction of sp³-hybridized carbons (Fsp3) is 0.0667. The largest absolute Gasteiger partial charge is 0.325 e. The lowest BCUT2D eigenvalue weighted by Gasteiger charge is -2.05. The van der Waals surface area contributed by atoms with Crippen LogP contribution in [-0.2, 0) is 15.6 Å². The summed E-state index contributed by atoms with van der Waals surface area (Å²) in [5.41, 5.74) is 0.870. The van der Waals surface area contributed by atoms with Gasteiger partial charge in [-0.15, -0.1) is 0 Å². The van der Waals surface area contributed by atoms with E-state index < -0.39 is 22.5 Å². The van der Waals surface area contributed by atoms with Crippen molar-refractivity contribution < 1.29 is 13.4 Å². The van der Waals surface area contributed by atoms with E-state index in [0.29, 0.717) is 11.3 Å². The fourth-order valence-electron chi connectivity index (χ4n) is 1.67. The summed E-state index contributed by atoms with van der Waals surface area (Å²) in [6.07, 6.45) is 0. The molecule has 0 radical (unpaired) electrons. The van der Waals surface area contributed by atoms with Crippen molar-refractivity contribution in [2.24, 2.45) is 0 Å². The van der Waals surface area contributed by atoms with Crippen LogP contribution in [0.2, 0.25) is 0 Å². The summed E-state index contributed by atoms with van der Waals surface area (Å²) in [5, 5.41) is 11.3. The van der Waals surface area contributed by atoms with E-state index in [0.717, 1.165) is 6.07 Å². The van der Waals surface area contributed by atoms with Gasteiger partial charge in [0.25, 0.3) is 0 Å². The number of hydrogen-bond acceptors (Lipinski definition) is 3. The van der Waals surface area contributed by atoms with Gasteiger partial charge in [-0.2, -0.15) is 5.26 Å². The van der Waals surface area contributed by atoms with Crippen molar-refractivity contribution in [2.45, 2.75) is 4.90 Å². The van der Waals surface area contributed by atoms with Gasteiger partial charge in [-0.1, -0.05) is 12.1 Å². The molecule has 6 heteroatoms. The second kappa shape index (κ2) is 6.77. The molecule has 2 aromatic rings. The van der Waals surface area contributed by atoms with Gasteiger partial charge in [0.05, 0.1) is 22.4 Å². The summed E-state index contributed by atoms with van der Waals surface area (Å²) in [6, 6.07) is 13.7. The molecular formula is C15H11FN2O2S. The van der Waals surface area contributed by atoms with Crippen LogP contribution in [0.1, 0.15) is 5.56 Å². The maximum absolute atomic E-state index is 13.0. The van der Waals surface area contributed by atoms with Crippen molar-refractivity contribution >= 4 is 22.4 Å². The molecule has 0 aliphatic rings. The van der Waals surface area contributed by atoms with Crippen LogP contribution >= 0.6 is 0 Å². The molecule has 0 heterocycles. The molecule has 0 aliphatic heterocycles. The van der Waals surface area contributed by atoms with Crippen molar-refractivity contribution in [1.29, 1.82) is 5.26 Å². The minimum atomic E-state index is -1.62. The van der Waals surface area contributed by atoms with Gasteiger partial charge in [-0.25, -0.2) is 4.39 Å². The van der Waals surface area contributed by atoms with E-state index in [-0.39, 0.29) is 10.6 Å². The Bertz CT molecular complexity index is 740.